The fraction of sp³-hybridized carbons (Fsp3) is 0.500. The van der Waals surface area contributed by atoms with Gasteiger partial charge in [0.15, 0.2) is 11.5 Å². The minimum absolute atomic E-state index is 0.124. The summed E-state index contributed by atoms with van der Waals surface area (Å²) in [5.41, 5.74) is 9.12. The van der Waals surface area contributed by atoms with Crippen molar-refractivity contribution >= 4 is 45.4 Å². The number of rotatable bonds is 4. The highest BCUT2D eigenvalue weighted by Crippen LogP contribution is 2.55. The van der Waals surface area contributed by atoms with Crippen molar-refractivity contribution in [2.24, 2.45) is 0 Å². The Bertz CT molecular complexity index is 1430. The highest BCUT2D eigenvalue weighted by Gasteiger charge is 2.33. The molecule has 4 rings (SSSR count). The Morgan fingerprint density at radius 1 is 0.600 bits per heavy atom. The zero-order chi connectivity index (χ0) is 26.0. The lowest BCUT2D eigenvalue weighted by molar-refractivity contribution is 0.347. The van der Waals surface area contributed by atoms with Gasteiger partial charge in [-0.05, 0) is 60.8 Å². The maximum atomic E-state index is 6.06. The molecule has 4 nitrogen and oxygen atoms in total. The number of benzene rings is 1. The second-order valence-electron chi connectivity index (χ2n) is 11.3. The fourth-order valence-corrected chi connectivity index (χ4v) is 8.37. The summed E-state index contributed by atoms with van der Waals surface area (Å²) in [6, 6.07) is 0. The third kappa shape index (κ3) is 4.09. The lowest BCUT2D eigenvalue weighted by Crippen LogP contribution is -2.15. The topological polar surface area (TPSA) is 44.2 Å². The molecule has 35 heavy (non-hydrogen) atoms. The van der Waals surface area contributed by atoms with E-state index < -0.39 is 0 Å². The van der Waals surface area contributed by atoms with Gasteiger partial charge in [0.25, 0.3) is 0 Å². The normalized spacial score (nSPS) is 12.6. The SMILES string of the molecule is COc1c(OC)c(C(C)(C)C)c2nsnc2c1-c1sc(-c2sc(C(C)(C)C)c(C)c2C)c(C)c1C. The van der Waals surface area contributed by atoms with Crippen LogP contribution < -0.4 is 9.47 Å². The van der Waals surface area contributed by atoms with Crippen molar-refractivity contribution < 1.29 is 9.47 Å². The molecule has 3 heterocycles. The molecule has 0 saturated heterocycles. The number of ether oxygens (including phenoxy) is 2. The second kappa shape index (κ2) is 8.86. The van der Waals surface area contributed by atoms with Crippen LogP contribution in [0, 0.1) is 27.7 Å². The summed E-state index contributed by atoms with van der Waals surface area (Å²) in [6.07, 6.45) is 0. The van der Waals surface area contributed by atoms with E-state index in [0.717, 1.165) is 33.7 Å². The van der Waals surface area contributed by atoms with Gasteiger partial charge >= 0.3 is 0 Å². The van der Waals surface area contributed by atoms with E-state index in [0.29, 0.717) is 0 Å². The molecule has 0 spiro atoms. The van der Waals surface area contributed by atoms with Crippen molar-refractivity contribution in [2.45, 2.75) is 80.1 Å². The molecule has 0 aliphatic carbocycles. The minimum Gasteiger partial charge on any atom is -0.492 e. The summed E-state index contributed by atoms with van der Waals surface area (Å²) in [4.78, 5) is 5.33. The number of hydrogen-bond donors (Lipinski definition) is 0. The van der Waals surface area contributed by atoms with Crippen LogP contribution in [0.5, 0.6) is 11.5 Å². The molecule has 0 aliphatic heterocycles. The molecular formula is C28H36N2O2S3. The van der Waals surface area contributed by atoms with Gasteiger partial charge in [0.2, 0.25) is 0 Å². The van der Waals surface area contributed by atoms with Crippen LogP contribution in [-0.4, -0.2) is 23.0 Å². The van der Waals surface area contributed by atoms with Gasteiger partial charge in [-0.2, -0.15) is 8.75 Å². The first-order valence-corrected chi connectivity index (χ1v) is 14.2. The van der Waals surface area contributed by atoms with Crippen LogP contribution in [0.3, 0.4) is 0 Å². The van der Waals surface area contributed by atoms with E-state index in [1.807, 2.05) is 22.7 Å². The van der Waals surface area contributed by atoms with Gasteiger partial charge in [0.05, 0.1) is 31.5 Å². The number of nitrogens with zero attached hydrogens (tertiary/aromatic N) is 2. The largest absolute Gasteiger partial charge is 0.492 e. The Morgan fingerprint density at radius 3 is 1.63 bits per heavy atom. The summed E-state index contributed by atoms with van der Waals surface area (Å²) < 4.78 is 21.6. The Labute approximate surface area is 221 Å². The van der Waals surface area contributed by atoms with Crippen LogP contribution in [0.4, 0.5) is 0 Å². The Balaban J connectivity index is 2.07. The number of methoxy groups -OCH3 is 2. The summed E-state index contributed by atoms with van der Waals surface area (Å²) in [7, 11) is 3.44. The smallest absolute Gasteiger partial charge is 0.172 e. The van der Waals surface area contributed by atoms with E-state index in [1.165, 1.54) is 53.5 Å². The fourth-order valence-electron chi connectivity index (χ4n) is 4.83. The van der Waals surface area contributed by atoms with Gasteiger partial charge in [-0.3, -0.25) is 0 Å². The number of fused-ring (bicyclic) bond motifs is 1. The highest BCUT2D eigenvalue weighted by molar-refractivity contribution is 7.24. The van der Waals surface area contributed by atoms with Crippen molar-refractivity contribution in [2.75, 3.05) is 14.2 Å². The number of aromatic nitrogens is 2. The van der Waals surface area contributed by atoms with Crippen LogP contribution in [0.15, 0.2) is 0 Å². The summed E-state index contributed by atoms with van der Waals surface area (Å²) in [6.45, 7) is 22.4. The standard InChI is InChI=1S/C28H36N2O2S3/c1-13-14(2)24(25-15(3)16(4)26(34-25)28(8,9)10)33-23(13)17-19-20(30-35-29-19)18(27(5,6)7)22(32-12)21(17)31-11/h1-12H3. The third-order valence-corrected chi connectivity index (χ3v) is 10.7. The molecule has 0 N–H and O–H groups in total. The molecule has 0 saturated carbocycles. The second-order valence-corrected chi connectivity index (χ2v) is 13.9. The van der Waals surface area contributed by atoms with Crippen molar-refractivity contribution in [3.05, 3.63) is 32.7 Å². The molecular weight excluding hydrogens is 493 g/mol. The average Bonchev–Trinajstić information content (AvgIpc) is 3.43. The van der Waals surface area contributed by atoms with E-state index in [4.69, 9.17) is 18.2 Å². The number of hydrogen-bond acceptors (Lipinski definition) is 7. The van der Waals surface area contributed by atoms with Crippen LogP contribution in [0.1, 0.15) is 74.2 Å². The molecule has 0 radical (unpaired) electrons. The van der Waals surface area contributed by atoms with Gasteiger partial charge < -0.3 is 9.47 Å². The molecule has 0 unspecified atom stereocenters. The van der Waals surface area contributed by atoms with Crippen LogP contribution in [0.25, 0.3) is 31.2 Å². The quantitative estimate of drug-likeness (QED) is 0.265. The maximum absolute atomic E-state index is 6.06. The molecule has 1 aromatic carbocycles. The predicted octanol–water partition coefficient (Wildman–Crippen LogP) is 8.99. The molecule has 7 heteroatoms. The monoisotopic (exact) mass is 528 g/mol. The van der Waals surface area contributed by atoms with Gasteiger partial charge in [-0.1, -0.05) is 41.5 Å². The first-order valence-electron chi connectivity index (χ1n) is 11.9. The number of thiophene rings is 2. The Hall–Kier alpha value is -1.96. The van der Waals surface area contributed by atoms with E-state index >= 15 is 0 Å². The molecule has 188 valence electrons. The van der Waals surface area contributed by atoms with Crippen molar-refractivity contribution in [3.8, 4) is 31.7 Å². The summed E-state index contributed by atoms with van der Waals surface area (Å²) in [5, 5.41) is 0. The molecule has 0 fully saturated rings. The summed E-state index contributed by atoms with van der Waals surface area (Å²) in [5.74, 6) is 1.49. The lowest BCUT2D eigenvalue weighted by atomic mass is 9.83. The molecule has 0 aliphatic rings. The minimum atomic E-state index is -0.175. The first kappa shape index (κ1) is 26.1. The van der Waals surface area contributed by atoms with E-state index in [1.54, 1.807) is 14.2 Å². The lowest BCUT2D eigenvalue weighted by Gasteiger charge is -2.25. The molecule has 0 atom stereocenters. The van der Waals surface area contributed by atoms with Crippen LogP contribution in [-0.2, 0) is 10.8 Å². The third-order valence-electron chi connectivity index (χ3n) is 6.79. The van der Waals surface area contributed by atoms with Gasteiger partial charge in [-0.25, -0.2) is 0 Å². The highest BCUT2D eigenvalue weighted by atomic mass is 32.1. The van der Waals surface area contributed by atoms with Crippen molar-refractivity contribution in [3.63, 3.8) is 0 Å². The average molecular weight is 529 g/mol. The van der Waals surface area contributed by atoms with E-state index in [9.17, 15) is 0 Å². The predicted molar refractivity (Wildman–Crippen MR) is 153 cm³/mol. The maximum Gasteiger partial charge on any atom is 0.172 e. The van der Waals surface area contributed by atoms with Crippen molar-refractivity contribution in [1.29, 1.82) is 0 Å². The molecule has 0 bridgehead atoms. The molecule has 4 aromatic rings. The molecule has 3 aromatic heterocycles. The van der Waals surface area contributed by atoms with Gasteiger partial charge in [-0.15, -0.1) is 22.7 Å². The van der Waals surface area contributed by atoms with Crippen LogP contribution >= 0.6 is 34.4 Å². The van der Waals surface area contributed by atoms with E-state index in [-0.39, 0.29) is 10.8 Å². The zero-order valence-corrected chi connectivity index (χ0v) is 25.4. The van der Waals surface area contributed by atoms with E-state index in [2.05, 4.69) is 69.2 Å². The summed E-state index contributed by atoms with van der Waals surface area (Å²) >= 11 is 5.02. The zero-order valence-electron chi connectivity index (χ0n) is 22.9. The molecule has 0 amide bonds. The van der Waals surface area contributed by atoms with Gasteiger partial charge in [0, 0.05) is 25.1 Å². The van der Waals surface area contributed by atoms with Gasteiger partial charge in [0.1, 0.15) is 11.0 Å². The Kier molecular flexibility index (Phi) is 6.61. The van der Waals surface area contributed by atoms with Crippen molar-refractivity contribution in [1.82, 2.24) is 8.75 Å². The van der Waals surface area contributed by atoms with Crippen LogP contribution in [0.2, 0.25) is 0 Å². The first-order chi connectivity index (χ1) is 16.2. The Morgan fingerprint density at radius 2 is 1.11 bits per heavy atom.